The highest BCUT2D eigenvalue weighted by molar-refractivity contribution is 6.31. The molecular weight excluding hydrogens is 288 g/mol. The molecule has 0 heterocycles. The monoisotopic (exact) mass is 308 g/mol. The average Bonchev–Trinajstić information content (AvgIpc) is 3.24. The van der Waals surface area contributed by atoms with Crippen molar-refractivity contribution in [3.63, 3.8) is 0 Å². The Labute approximate surface area is 131 Å². The van der Waals surface area contributed by atoms with E-state index in [0.717, 1.165) is 30.7 Å². The van der Waals surface area contributed by atoms with Crippen LogP contribution in [0.5, 0.6) is 5.75 Å². The van der Waals surface area contributed by atoms with Gasteiger partial charge in [-0.3, -0.25) is 0 Å². The van der Waals surface area contributed by atoms with Gasteiger partial charge in [0, 0.05) is 42.6 Å². The van der Waals surface area contributed by atoms with Gasteiger partial charge in [0.15, 0.2) is 0 Å². The molecule has 0 amide bonds. The number of rotatable bonds is 9. The zero-order valence-corrected chi connectivity index (χ0v) is 13.1. The number of hydrogen-bond acceptors (Lipinski definition) is 4. The molecule has 0 radical (unpaired) electrons. The van der Waals surface area contributed by atoms with Crippen LogP contribution in [-0.4, -0.2) is 26.9 Å². The minimum Gasteiger partial charge on any atom is -0.493 e. The largest absolute Gasteiger partial charge is 0.493 e. The topological polar surface area (TPSA) is 54.3 Å². The minimum absolute atomic E-state index is 0.0673. The van der Waals surface area contributed by atoms with Crippen molar-refractivity contribution in [2.45, 2.75) is 25.8 Å². The van der Waals surface area contributed by atoms with Crippen molar-refractivity contribution in [1.29, 1.82) is 5.26 Å². The van der Waals surface area contributed by atoms with Crippen LogP contribution in [0.2, 0.25) is 5.02 Å². The molecular formula is C16H21ClN2O2. The molecule has 0 aromatic heterocycles. The number of ether oxygens (including phenoxy) is 2. The predicted molar refractivity (Wildman–Crippen MR) is 82.4 cm³/mol. The highest BCUT2D eigenvalue weighted by atomic mass is 35.5. The van der Waals surface area contributed by atoms with E-state index >= 15 is 0 Å². The Balaban J connectivity index is 1.95. The summed E-state index contributed by atoms with van der Waals surface area (Å²) in [6.45, 7) is 2.65. The first-order chi connectivity index (χ1) is 10.2. The maximum absolute atomic E-state index is 8.86. The molecule has 1 aromatic rings. The molecule has 1 aliphatic rings. The molecule has 0 bridgehead atoms. The Morgan fingerprint density at radius 3 is 2.90 bits per heavy atom. The molecule has 0 saturated heterocycles. The van der Waals surface area contributed by atoms with E-state index in [0.29, 0.717) is 31.2 Å². The van der Waals surface area contributed by atoms with Crippen molar-refractivity contribution in [2.75, 3.05) is 26.9 Å². The fraction of sp³-hybridized carbons (Fsp3) is 0.562. The van der Waals surface area contributed by atoms with Crippen molar-refractivity contribution < 1.29 is 9.47 Å². The van der Waals surface area contributed by atoms with Gasteiger partial charge in [-0.1, -0.05) is 17.7 Å². The Kier molecular flexibility index (Phi) is 5.86. The second kappa shape index (κ2) is 7.65. The average molecular weight is 309 g/mol. The molecule has 114 valence electrons. The third kappa shape index (κ3) is 4.60. The lowest BCUT2D eigenvalue weighted by Gasteiger charge is -2.17. The molecule has 1 aromatic carbocycles. The maximum Gasteiger partial charge on any atom is 0.125 e. The number of nitrogens with zero attached hydrogens (tertiary/aromatic N) is 1. The van der Waals surface area contributed by atoms with E-state index in [9.17, 15) is 0 Å². The molecule has 1 aliphatic carbocycles. The lowest BCUT2D eigenvalue weighted by atomic mass is 10.1. The van der Waals surface area contributed by atoms with E-state index < -0.39 is 0 Å². The van der Waals surface area contributed by atoms with Gasteiger partial charge in [0.25, 0.3) is 0 Å². The maximum atomic E-state index is 8.86. The molecule has 0 spiro atoms. The van der Waals surface area contributed by atoms with Crippen molar-refractivity contribution in [3.05, 3.63) is 28.8 Å². The van der Waals surface area contributed by atoms with Crippen LogP contribution in [0.25, 0.3) is 0 Å². The van der Waals surface area contributed by atoms with Crippen LogP contribution in [-0.2, 0) is 11.3 Å². The number of nitriles is 1. The first-order valence-electron chi connectivity index (χ1n) is 7.17. The van der Waals surface area contributed by atoms with Crippen LogP contribution >= 0.6 is 11.6 Å². The first-order valence-corrected chi connectivity index (χ1v) is 7.55. The van der Waals surface area contributed by atoms with E-state index in [2.05, 4.69) is 11.4 Å². The van der Waals surface area contributed by atoms with Crippen LogP contribution in [0, 0.1) is 16.7 Å². The summed E-state index contributed by atoms with van der Waals surface area (Å²) in [5.41, 5.74) is 1.03. The molecule has 1 N–H and O–H groups in total. The number of halogens is 1. The molecule has 0 atom stereocenters. The van der Waals surface area contributed by atoms with Gasteiger partial charge in [-0.2, -0.15) is 5.26 Å². The molecule has 4 nitrogen and oxygen atoms in total. The van der Waals surface area contributed by atoms with Gasteiger partial charge < -0.3 is 14.8 Å². The Hall–Kier alpha value is -1.28. The summed E-state index contributed by atoms with van der Waals surface area (Å²) in [7, 11) is 1.68. The second-order valence-electron chi connectivity index (χ2n) is 5.51. The van der Waals surface area contributed by atoms with E-state index in [1.807, 2.05) is 18.2 Å². The minimum atomic E-state index is 0.0673. The van der Waals surface area contributed by atoms with Gasteiger partial charge in [-0.25, -0.2) is 0 Å². The number of nitrogens with one attached hydrogen (secondary N) is 1. The molecule has 0 aliphatic heterocycles. The van der Waals surface area contributed by atoms with Gasteiger partial charge in [-0.05, 0) is 25.0 Å². The van der Waals surface area contributed by atoms with Crippen LogP contribution in [0.4, 0.5) is 0 Å². The summed E-state index contributed by atoms with van der Waals surface area (Å²) < 4.78 is 11.0. The predicted octanol–water partition coefficient (Wildman–Crippen LogP) is 3.15. The van der Waals surface area contributed by atoms with Crippen molar-refractivity contribution in [1.82, 2.24) is 5.32 Å². The Morgan fingerprint density at radius 2 is 2.24 bits per heavy atom. The lowest BCUT2D eigenvalue weighted by molar-refractivity contribution is 0.198. The highest BCUT2D eigenvalue weighted by Crippen LogP contribution is 2.48. The zero-order valence-electron chi connectivity index (χ0n) is 12.3. The highest BCUT2D eigenvalue weighted by Gasteiger charge is 2.43. The standard InChI is InChI=1S/C16H21ClN2O2/c1-20-10-9-19-11-13-14(17)3-2-4-15(13)21-12-16(5-6-16)7-8-18/h2-4,19H,5-7,9-12H2,1H3. The molecule has 5 heteroatoms. The second-order valence-corrected chi connectivity index (χ2v) is 5.92. The molecule has 1 fully saturated rings. The first kappa shape index (κ1) is 16.1. The molecule has 21 heavy (non-hydrogen) atoms. The Morgan fingerprint density at radius 1 is 1.43 bits per heavy atom. The normalized spacial score (nSPS) is 15.5. The summed E-state index contributed by atoms with van der Waals surface area (Å²) in [5, 5.41) is 12.8. The van der Waals surface area contributed by atoms with E-state index in [4.69, 9.17) is 26.3 Å². The fourth-order valence-corrected chi connectivity index (χ4v) is 2.41. The Bertz CT molecular complexity index is 509. The molecule has 1 saturated carbocycles. The SMILES string of the molecule is COCCNCc1c(Cl)cccc1OCC1(CC#N)CC1. The van der Waals surface area contributed by atoms with Crippen LogP contribution in [0.15, 0.2) is 18.2 Å². The summed E-state index contributed by atoms with van der Waals surface area (Å²) >= 11 is 6.27. The van der Waals surface area contributed by atoms with Gasteiger partial charge >= 0.3 is 0 Å². The lowest BCUT2D eigenvalue weighted by Crippen LogP contribution is -2.20. The van der Waals surface area contributed by atoms with Crippen LogP contribution in [0.3, 0.4) is 0 Å². The molecule has 0 unspecified atom stereocenters. The van der Waals surface area contributed by atoms with Gasteiger partial charge in [-0.15, -0.1) is 0 Å². The zero-order chi connectivity index (χ0) is 15.1. The third-order valence-electron chi connectivity index (χ3n) is 3.81. The molecule has 2 rings (SSSR count). The summed E-state index contributed by atoms with van der Waals surface area (Å²) in [5.74, 6) is 0.802. The summed E-state index contributed by atoms with van der Waals surface area (Å²) in [6.07, 6.45) is 2.71. The van der Waals surface area contributed by atoms with Crippen molar-refractivity contribution >= 4 is 11.6 Å². The number of hydrogen-bond donors (Lipinski definition) is 1. The summed E-state index contributed by atoms with van der Waals surface area (Å²) in [6, 6.07) is 7.94. The van der Waals surface area contributed by atoms with E-state index in [1.165, 1.54) is 0 Å². The smallest absolute Gasteiger partial charge is 0.125 e. The van der Waals surface area contributed by atoms with Gasteiger partial charge in [0.2, 0.25) is 0 Å². The number of benzene rings is 1. The van der Waals surface area contributed by atoms with Gasteiger partial charge in [0.05, 0.1) is 19.3 Å². The van der Waals surface area contributed by atoms with Crippen molar-refractivity contribution in [2.24, 2.45) is 5.41 Å². The van der Waals surface area contributed by atoms with E-state index in [-0.39, 0.29) is 5.41 Å². The van der Waals surface area contributed by atoms with Crippen LogP contribution < -0.4 is 10.1 Å². The quantitative estimate of drug-likeness (QED) is 0.712. The van der Waals surface area contributed by atoms with E-state index in [1.54, 1.807) is 7.11 Å². The summed E-state index contributed by atoms with van der Waals surface area (Å²) in [4.78, 5) is 0. The number of methoxy groups -OCH3 is 1. The fourth-order valence-electron chi connectivity index (χ4n) is 2.18. The third-order valence-corrected chi connectivity index (χ3v) is 4.16. The van der Waals surface area contributed by atoms with Crippen LogP contribution in [0.1, 0.15) is 24.8 Å². The van der Waals surface area contributed by atoms with Crippen molar-refractivity contribution in [3.8, 4) is 11.8 Å². The van der Waals surface area contributed by atoms with Gasteiger partial charge in [0.1, 0.15) is 5.75 Å².